The summed E-state index contributed by atoms with van der Waals surface area (Å²) in [4.78, 5) is 29.1. The fourth-order valence-corrected chi connectivity index (χ4v) is 5.75. The number of halogens is 3. The first-order chi connectivity index (χ1) is 19.3. The number of sulfonamides is 1. The Bertz CT molecular complexity index is 1490. The Labute approximate surface area is 256 Å². The molecule has 41 heavy (non-hydrogen) atoms. The molecule has 3 aromatic rings. The van der Waals surface area contributed by atoms with Gasteiger partial charge in [0.1, 0.15) is 18.3 Å². The number of anilines is 1. The van der Waals surface area contributed by atoms with Gasteiger partial charge in [-0.05, 0) is 49.2 Å². The SMILES string of the molecule is COc1cccc(CN(C(=O)CN(c2cc(Cl)c(Cl)cc2Cl)S(C)(=O)=O)[C@@H](Cc2ccccc2)C(=O)NC(C)C)c1. The molecule has 0 aliphatic heterocycles. The first kappa shape index (κ1) is 32.5. The van der Waals surface area contributed by atoms with E-state index in [4.69, 9.17) is 39.5 Å². The molecule has 1 atom stereocenters. The average Bonchev–Trinajstić information content (AvgIpc) is 2.91. The van der Waals surface area contributed by atoms with E-state index in [9.17, 15) is 18.0 Å². The van der Waals surface area contributed by atoms with E-state index < -0.39 is 28.5 Å². The van der Waals surface area contributed by atoms with Crippen molar-refractivity contribution in [1.82, 2.24) is 10.2 Å². The van der Waals surface area contributed by atoms with Crippen molar-refractivity contribution in [3.63, 3.8) is 0 Å². The van der Waals surface area contributed by atoms with Crippen LogP contribution >= 0.6 is 34.8 Å². The van der Waals surface area contributed by atoms with Gasteiger partial charge in [0.25, 0.3) is 0 Å². The van der Waals surface area contributed by atoms with E-state index in [1.807, 2.05) is 44.2 Å². The lowest BCUT2D eigenvalue weighted by Crippen LogP contribution is -2.54. The van der Waals surface area contributed by atoms with Gasteiger partial charge in [-0.2, -0.15) is 0 Å². The number of ether oxygens (including phenoxy) is 1. The van der Waals surface area contributed by atoms with Gasteiger partial charge in [-0.15, -0.1) is 0 Å². The summed E-state index contributed by atoms with van der Waals surface area (Å²) in [7, 11) is -2.50. The van der Waals surface area contributed by atoms with Crippen LogP contribution in [0, 0.1) is 0 Å². The number of nitrogens with zero attached hydrogens (tertiary/aromatic N) is 2. The molecule has 0 fully saturated rings. The van der Waals surface area contributed by atoms with Gasteiger partial charge in [0.05, 0.1) is 34.1 Å². The topological polar surface area (TPSA) is 96.0 Å². The fourth-order valence-electron chi connectivity index (χ4n) is 4.20. The van der Waals surface area contributed by atoms with Crippen LogP contribution < -0.4 is 14.4 Å². The van der Waals surface area contributed by atoms with Crippen LogP contribution in [0.1, 0.15) is 25.0 Å². The zero-order valence-electron chi connectivity index (χ0n) is 23.1. The maximum absolute atomic E-state index is 14.1. The van der Waals surface area contributed by atoms with Crippen molar-refractivity contribution < 1.29 is 22.7 Å². The van der Waals surface area contributed by atoms with Crippen molar-refractivity contribution in [1.29, 1.82) is 0 Å². The molecule has 0 aliphatic carbocycles. The number of benzene rings is 3. The Morgan fingerprint density at radius 2 is 1.54 bits per heavy atom. The summed E-state index contributed by atoms with van der Waals surface area (Å²) in [5.74, 6) is -0.430. The van der Waals surface area contributed by atoms with E-state index >= 15 is 0 Å². The van der Waals surface area contributed by atoms with Crippen LogP contribution in [-0.2, 0) is 32.6 Å². The van der Waals surface area contributed by atoms with Gasteiger partial charge in [0.15, 0.2) is 0 Å². The number of amides is 2. The summed E-state index contributed by atoms with van der Waals surface area (Å²) < 4.78 is 32.1. The van der Waals surface area contributed by atoms with Crippen LogP contribution in [0.2, 0.25) is 15.1 Å². The Kier molecular flexibility index (Phi) is 11.3. The molecule has 0 unspecified atom stereocenters. The van der Waals surface area contributed by atoms with Crippen molar-refractivity contribution in [3.8, 4) is 5.75 Å². The number of carbonyl (C=O) groups excluding carboxylic acids is 2. The number of hydrogen-bond acceptors (Lipinski definition) is 5. The summed E-state index contributed by atoms with van der Waals surface area (Å²) in [6, 6.07) is 17.8. The standard InChI is InChI=1S/C29H32Cl3N3O5S/c1-19(2)33-29(37)27(14-20-9-6-5-7-10-20)34(17-21-11-8-12-22(13-21)40-3)28(36)18-35(41(4,38)39)26-16-24(31)23(30)15-25(26)32/h5-13,15-16,19,27H,14,17-18H2,1-4H3,(H,33,37)/t27-/m0/s1. The maximum atomic E-state index is 14.1. The van der Waals surface area contributed by atoms with Crippen molar-refractivity contribution in [2.45, 2.75) is 38.9 Å². The summed E-state index contributed by atoms with van der Waals surface area (Å²) in [6.07, 6.45) is 1.15. The van der Waals surface area contributed by atoms with Gasteiger partial charge in [-0.25, -0.2) is 8.42 Å². The highest BCUT2D eigenvalue weighted by molar-refractivity contribution is 7.92. The number of carbonyl (C=O) groups is 2. The molecule has 3 rings (SSSR count). The molecule has 0 bridgehead atoms. The third kappa shape index (κ3) is 9.00. The van der Waals surface area contributed by atoms with Crippen molar-refractivity contribution >= 4 is 62.3 Å². The van der Waals surface area contributed by atoms with Gasteiger partial charge in [0, 0.05) is 19.0 Å². The Hall–Kier alpha value is -2.98. The molecule has 0 heterocycles. The van der Waals surface area contributed by atoms with E-state index in [0.29, 0.717) is 11.3 Å². The minimum Gasteiger partial charge on any atom is -0.497 e. The third-order valence-electron chi connectivity index (χ3n) is 6.13. The molecule has 8 nitrogen and oxygen atoms in total. The summed E-state index contributed by atoms with van der Waals surface area (Å²) in [5, 5.41) is 3.10. The Morgan fingerprint density at radius 1 is 0.902 bits per heavy atom. The van der Waals surface area contributed by atoms with Gasteiger partial charge in [-0.3, -0.25) is 13.9 Å². The highest BCUT2D eigenvalue weighted by Gasteiger charge is 2.34. The molecule has 3 aromatic carbocycles. The molecule has 220 valence electrons. The zero-order valence-corrected chi connectivity index (χ0v) is 26.2. The summed E-state index contributed by atoms with van der Waals surface area (Å²) >= 11 is 18.6. The fraction of sp³-hybridized carbons (Fsp3) is 0.310. The van der Waals surface area contributed by atoms with Crippen LogP contribution in [0.25, 0.3) is 0 Å². The van der Waals surface area contributed by atoms with Gasteiger partial charge in [-0.1, -0.05) is 77.3 Å². The molecule has 0 aliphatic rings. The second-order valence-electron chi connectivity index (χ2n) is 9.73. The summed E-state index contributed by atoms with van der Waals surface area (Å²) in [5.41, 5.74) is 1.50. The number of hydrogen-bond donors (Lipinski definition) is 1. The van der Waals surface area contributed by atoms with E-state index in [1.165, 1.54) is 24.1 Å². The molecule has 2 amide bonds. The second-order valence-corrected chi connectivity index (χ2v) is 12.9. The van der Waals surface area contributed by atoms with Crippen molar-refractivity contribution in [2.75, 3.05) is 24.2 Å². The minimum absolute atomic E-state index is 0.00430. The van der Waals surface area contributed by atoms with Crippen LogP contribution in [-0.4, -0.2) is 57.1 Å². The van der Waals surface area contributed by atoms with Crippen LogP contribution in [0.5, 0.6) is 5.75 Å². The monoisotopic (exact) mass is 639 g/mol. The maximum Gasteiger partial charge on any atom is 0.244 e. The van der Waals surface area contributed by atoms with Gasteiger partial charge in [0.2, 0.25) is 21.8 Å². The molecular formula is C29H32Cl3N3O5S. The number of rotatable bonds is 12. The predicted molar refractivity (Wildman–Crippen MR) is 164 cm³/mol. The lowest BCUT2D eigenvalue weighted by molar-refractivity contribution is -0.140. The lowest BCUT2D eigenvalue weighted by atomic mass is 10.0. The normalized spacial score (nSPS) is 12.1. The van der Waals surface area contributed by atoms with Crippen molar-refractivity contribution in [3.05, 3.63) is 92.9 Å². The van der Waals surface area contributed by atoms with Gasteiger partial charge < -0.3 is 15.0 Å². The molecule has 0 aromatic heterocycles. The van der Waals surface area contributed by atoms with Crippen LogP contribution in [0.4, 0.5) is 5.69 Å². The number of nitrogens with one attached hydrogen (secondary N) is 1. The minimum atomic E-state index is -4.03. The lowest BCUT2D eigenvalue weighted by Gasteiger charge is -2.34. The van der Waals surface area contributed by atoms with Crippen LogP contribution in [0.3, 0.4) is 0 Å². The first-order valence-corrected chi connectivity index (χ1v) is 15.7. The molecule has 0 spiro atoms. The highest BCUT2D eigenvalue weighted by atomic mass is 35.5. The highest BCUT2D eigenvalue weighted by Crippen LogP contribution is 2.35. The summed E-state index contributed by atoms with van der Waals surface area (Å²) in [6.45, 7) is 3.01. The smallest absolute Gasteiger partial charge is 0.244 e. The Morgan fingerprint density at radius 3 is 2.15 bits per heavy atom. The molecular weight excluding hydrogens is 609 g/mol. The van der Waals surface area contributed by atoms with E-state index in [-0.39, 0.29) is 45.7 Å². The van der Waals surface area contributed by atoms with E-state index in [2.05, 4.69) is 5.32 Å². The van der Waals surface area contributed by atoms with E-state index in [1.54, 1.807) is 24.3 Å². The number of methoxy groups -OCH3 is 1. The zero-order chi connectivity index (χ0) is 30.3. The second kappa shape index (κ2) is 14.3. The molecule has 1 N–H and O–H groups in total. The molecule has 0 radical (unpaired) electrons. The van der Waals surface area contributed by atoms with Gasteiger partial charge >= 0.3 is 0 Å². The molecule has 0 saturated heterocycles. The molecule has 0 saturated carbocycles. The first-order valence-electron chi connectivity index (χ1n) is 12.7. The average molecular weight is 641 g/mol. The quantitative estimate of drug-likeness (QED) is 0.261. The molecule has 12 heteroatoms. The van der Waals surface area contributed by atoms with E-state index in [0.717, 1.165) is 16.1 Å². The third-order valence-corrected chi connectivity index (χ3v) is 8.28. The Balaban J connectivity index is 2.11. The van der Waals surface area contributed by atoms with Crippen LogP contribution in [0.15, 0.2) is 66.7 Å². The van der Waals surface area contributed by atoms with Crippen molar-refractivity contribution in [2.24, 2.45) is 0 Å². The predicted octanol–water partition coefficient (Wildman–Crippen LogP) is 5.59. The largest absolute Gasteiger partial charge is 0.497 e.